The van der Waals surface area contributed by atoms with Crippen molar-refractivity contribution in [3.05, 3.63) is 10.9 Å². The van der Waals surface area contributed by atoms with Crippen molar-refractivity contribution in [3.8, 4) is 0 Å². The lowest BCUT2D eigenvalue weighted by Crippen LogP contribution is -2.28. The number of rotatable bonds is 6. The van der Waals surface area contributed by atoms with E-state index in [2.05, 4.69) is 27.5 Å². The van der Waals surface area contributed by atoms with Gasteiger partial charge in [0.05, 0.1) is 11.9 Å². The molecule has 2 N–H and O–H groups in total. The summed E-state index contributed by atoms with van der Waals surface area (Å²) in [4.78, 5) is 24.4. The molecular weight excluding hydrogens is 286 g/mol. The normalized spacial score (nSPS) is 10.7. The zero-order valence-corrected chi connectivity index (χ0v) is 13.7. The number of thiophene rings is 1. The van der Waals surface area contributed by atoms with Crippen LogP contribution in [0.5, 0.6) is 0 Å². The summed E-state index contributed by atoms with van der Waals surface area (Å²) in [6, 6.07) is 2.05. The van der Waals surface area contributed by atoms with Crippen LogP contribution in [0.1, 0.15) is 18.2 Å². The van der Waals surface area contributed by atoms with E-state index in [1.165, 1.54) is 4.88 Å². The monoisotopic (exact) mass is 307 g/mol. The number of nitrogens with one attached hydrogen (secondary N) is 2. The predicted octanol–water partition coefficient (Wildman–Crippen LogP) is 2.32. The van der Waals surface area contributed by atoms with Crippen LogP contribution >= 0.6 is 11.3 Å². The van der Waals surface area contributed by atoms with Crippen LogP contribution in [-0.4, -0.2) is 48.0 Å². The molecule has 0 aromatic carbocycles. The quantitative estimate of drug-likeness (QED) is 0.857. The van der Waals surface area contributed by atoms with Crippen LogP contribution in [0.4, 0.5) is 11.8 Å². The number of likely N-dealkylation sites (N-methyl/N-ethyl adjacent to an activating group) is 1. The van der Waals surface area contributed by atoms with Crippen LogP contribution in [0.3, 0.4) is 0 Å². The molecule has 2 rings (SSSR count). The Morgan fingerprint density at radius 2 is 2.10 bits per heavy atom. The first-order chi connectivity index (χ1) is 10.0. The smallest absolute Gasteiger partial charge is 0.241 e. The van der Waals surface area contributed by atoms with Gasteiger partial charge < -0.3 is 15.5 Å². The summed E-state index contributed by atoms with van der Waals surface area (Å²) in [5.74, 6) is 1.32. The van der Waals surface area contributed by atoms with E-state index >= 15 is 0 Å². The van der Waals surface area contributed by atoms with Crippen molar-refractivity contribution in [3.63, 3.8) is 0 Å². The minimum absolute atomic E-state index is 0.0109. The van der Waals surface area contributed by atoms with Crippen molar-refractivity contribution >= 4 is 39.2 Å². The molecule has 0 atom stereocenters. The number of aryl methyl sites for hydroxylation is 1. The Bertz CT molecular complexity index is 638. The average molecular weight is 307 g/mol. The van der Waals surface area contributed by atoms with Crippen molar-refractivity contribution in [2.24, 2.45) is 0 Å². The number of carbonyl (C=O) groups excluding carboxylic acids is 1. The van der Waals surface area contributed by atoms with Crippen LogP contribution in [0.15, 0.2) is 6.07 Å². The Morgan fingerprint density at radius 1 is 1.33 bits per heavy atom. The lowest BCUT2D eigenvalue weighted by atomic mass is 10.3. The third kappa shape index (κ3) is 3.81. The Balaban J connectivity index is 2.28. The highest BCUT2D eigenvalue weighted by molar-refractivity contribution is 7.18. The Kier molecular flexibility index (Phi) is 4.95. The highest BCUT2D eigenvalue weighted by Crippen LogP contribution is 2.29. The average Bonchev–Trinajstić information content (AvgIpc) is 2.82. The number of fused-ring (bicyclic) bond motifs is 1. The van der Waals surface area contributed by atoms with Gasteiger partial charge in [0.2, 0.25) is 11.9 Å². The van der Waals surface area contributed by atoms with Gasteiger partial charge in [-0.1, -0.05) is 6.92 Å². The molecule has 0 unspecified atom stereocenters. The van der Waals surface area contributed by atoms with Gasteiger partial charge in [-0.2, -0.15) is 4.98 Å². The summed E-state index contributed by atoms with van der Waals surface area (Å²) in [5, 5.41) is 7.28. The fourth-order valence-electron chi connectivity index (χ4n) is 1.81. The maximum Gasteiger partial charge on any atom is 0.241 e. The van der Waals surface area contributed by atoms with Crippen molar-refractivity contribution in [1.82, 2.24) is 14.9 Å². The first kappa shape index (κ1) is 15.5. The maximum absolute atomic E-state index is 11.7. The van der Waals surface area contributed by atoms with Gasteiger partial charge in [-0.05, 0) is 19.4 Å². The summed E-state index contributed by atoms with van der Waals surface area (Å²) in [6.45, 7) is 5.18. The van der Waals surface area contributed by atoms with Crippen molar-refractivity contribution < 1.29 is 4.79 Å². The molecule has 0 spiro atoms. The van der Waals surface area contributed by atoms with Gasteiger partial charge in [0.1, 0.15) is 10.6 Å². The summed E-state index contributed by atoms with van der Waals surface area (Å²) >= 11 is 1.63. The van der Waals surface area contributed by atoms with E-state index < -0.39 is 0 Å². The highest BCUT2D eigenvalue weighted by Gasteiger charge is 2.12. The second kappa shape index (κ2) is 6.71. The number of hydrogen-bond donors (Lipinski definition) is 2. The van der Waals surface area contributed by atoms with E-state index in [4.69, 9.17) is 0 Å². The topological polar surface area (TPSA) is 70.2 Å². The molecule has 0 fully saturated rings. The summed E-state index contributed by atoms with van der Waals surface area (Å²) in [7, 11) is 3.48. The van der Waals surface area contributed by atoms with Crippen LogP contribution in [0.25, 0.3) is 10.2 Å². The van der Waals surface area contributed by atoms with Gasteiger partial charge in [0.15, 0.2) is 0 Å². The highest BCUT2D eigenvalue weighted by atomic mass is 32.1. The van der Waals surface area contributed by atoms with Crippen LogP contribution in [0, 0.1) is 6.92 Å². The Morgan fingerprint density at radius 3 is 2.76 bits per heavy atom. The summed E-state index contributed by atoms with van der Waals surface area (Å²) < 4.78 is 0. The molecule has 1 amide bonds. The van der Waals surface area contributed by atoms with Crippen molar-refractivity contribution in [2.45, 2.75) is 20.3 Å². The van der Waals surface area contributed by atoms with Gasteiger partial charge >= 0.3 is 0 Å². The summed E-state index contributed by atoms with van der Waals surface area (Å²) in [5.41, 5.74) is 0. The van der Waals surface area contributed by atoms with E-state index in [0.29, 0.717) is 11.8 Å². The van der Waals surface area contributed by atoms with Gasteiger partial charge in [-0.3, -0.25) is 4.79 Å². The second-order valence-electron chi connectivity index (χ2n) is 5.04. The molecular formula is C14H21N5OS. The molecule has 21 heavy (non-hydrogen) atoms. The minimum atomic E-state index is 0.0109. The zero-order valence-electron chi connectivity index (χ0n) is 12.9. The van der Waals surface area contributed by atoms with E-state index in [-0.39, 0.29) is 12.5 Å². The van der Waals surface area contributed by atoms with E-state index in [0.717, 1.165) is 23.2 Å². The van der Waals surface area contributed by atoms with Crippen LogP contribution in [0.2, 0.25) is 0 Å². The molecule has 0 aliphatic carbocycles. The largest absolute Gasteiger partial charge is 0.360 e. The molecule has 0 aliphatic rings. The fourth-order valence-corrected chi connectivity index (χ4v) is 2.69. The molecule has 0 bridgehead atoms. The number of anilines is 2. The number of amides is 1. The van der Waals surface area contributed by atoms with E-state index in [9.17, 15) is 4.79 Å². The zero-order chi connectivity index (χ0) is 15.4. The number of hydrogen-bond acceptors (Lipinski definition) is 6. The van der Waals surface area contributed by atoms with Crippen molar-refractivity contribution in [1.29, 1.82) is 0 Å². The molecule has 7 heteroatoms. The second-order valence-corrected chi connectivity index (χ2v) is 6.27. The molecule has 114 valence electrons. The van der Waals surface area contributed by atoms with Gasteiger partial charge in [0.25, 0.3) is 0 Å². The van der Waals surface area contributed by atoms with Gasteiger partial charge in [-0.15, -0.1) is 11.3 Å². The Hall–Kier alpha value is -1.89. The fraction of sp³-hybridized carbons (Fsp3) is 0.500. The lowest BCUT2D eigenvalue weighted by molar-refractivity contribution is -0.126. The first-order valence-electron chi connectivity index (χ1n) is 6.97. The maximum atomic E-state index is 11.7. The number of aromatic nitrogens is 2. The standard InChI is InChI=1S/C14H21N5OS/c1-5-6-15-14-17-12(16-8-11(20)19(3)4)10-7-9(2)21-13(10)18-14/h7H,5-6,8H2,1-4H3,(H2,15,16,17,18). The molecule has 2 aromatic heterocycles. The first-order valence-corrected chi connectivity index (χ1v) is 7.79. The number of carbonyl (C=O) groups is 1. The predicted molar refractivity (Wildman–Crippen MR) is 88.1 cm³/mol. The third-order valence-electron chi connectivity index (χ3n) is 2.95. The van der Waals surface area contributed by atoms with Gasteiger partial charge in [0, 0.05) is 25.5 Å². The minimum Gasteiger partial charge on any atom is -0.360 e. The SMILES string of the molecule is CCCNc1nc(NCC(=O)N(C)C)c2cc(C)sc2n1. The molecule has 0 saturated heterocycles. The molecule has 2 heterocycles. The Labute approximate surface area is 128 Å². The molecule has 0 aliphatic heterocycles. The lowest BCUT2D eigenvalue weighted by Gasteiger charge is -2.12. The molecule has 0 saturated carbocycles. The third-order valence-corrected chi connectivity index (χ3v) is 3.90. The van der Waals surface area contributed by atoms with E-state index in [1.54, 1.807) is 30.3 Å². The molecule has 0 radical (unpaired) electrons. The molecule has 2 aromatic rings. The van der Waals surface area contributed by atoms with Crippen LogP contribution in [-0.2, 0) is 4.79 Å². The summed E-state index contributed by atoms with van der Waals surface area (Å²) in [6.07, 6.45) is 1.01. The van der Waals surface area contributed by atoms with E-state index in [1.807, 2.05) is 13.0 Å². The van der Waals surface area contributed by atoms with Crippen LogP contribution < -0.4 is 10.6 Å². The molecule has 6 nitrogen and oxygen atoms in total. The van der Waals surface area contributed by atoms with Gasteiger partial charge in [-0.25, -0.2) is 4.98 Å². The number of nitrogens with zero attached hydrogens (tertiary/aromatic N) is 3. The van der Waals surface area contributed by atoms with Crippen molar-refractivity contribution in [2.75, 3.05) is 37.8 Å².